The number of benzene rings is 2. The molecule has 92 valence electrons. The summed E-state index contributed by atoms with van der Waals surface area (Å²) in [5.74, 6) is -0.902. The molecule has 0 saturated carbocycles. The van der Waals surface area contributed by atoms with Gasteiger partial charge in [0.15, 0.2) is 18.3 Å². The van der Waals surface area contributed by atoms with Gasteiger partial charge in [-0.25, -0.2) is 8.78 Å². The van der Waals surface area contributed by atoms with Gasteiger partial charge < -0.3 is 4.74 Å². The van der Waals surface area contributed by atoms with Gasteiger partial charge in [0.25, 0.3) is 0 Å². The first-order valence-electron chi connectivity index (χ1n) is 5.79. The molecule has 1 nitrogen and oxygen atoms in total. The van der Waals surface area contributed by atoms with E-state index < -0.39 is 11.6 Å². The smallest absolute Gasteiger partial charge is 0.169 e. The fraction of sp³-hybridized carbons (Fsp3) is 0.143. The lowest BCUT2D eigenvalue weighted by Gasteiger charge is -2.07. The molecule has 0 fully saturated rings. The van der Waals surface area contributed by atoms with Crippen LogP contribution in [-0.4, -0.2) is 6.71 Å². The minimum absolute atomic E-state index is 0.284. The molecular weight excluding hydrogens is 233 g/mol. The first kappa shape index (κ1) is 12.6. The first-order valence-corrected chi connectivity index (χ1v) is 5.79. The van der Waals surface area contributed by atoms with Crippen LogP contribution in [0.5, 0.6) is 11.5 Å². The van der Waals surface area contributed by atoms with Crippen molar-refractivity contribution in [2.45, 2.75) is 13.6 Å². The monoisotopic (exact) mass is 246 g/mol. The predicted molar refractivity (Wildman–Crippen MR) is 70.0 cm³/mol. The summed E-state index contributed by atoms with van der Waals surface area (Å²) >= 11 is 0. The zero-order valence-electron chi connectivity index (χ0n) is 10.3. The molecule has 0 heterocycles. The molecule has 0 atom stereocenters. The SMILES string of the molecule is CB(C)c1ccc(Oc2ccc(F)c(F)c2)cc1. The Morgan fingerprint density at radius 2 is 1.44 bits per heavy atom. The van der Waals surface area contributed by atoms with Crippen LogP contribution >= 0.6 is 0 Å². The highest BCUT2D eigenvalue weighted by Gasteiger charge is 2.05. The lowest BCUT2D eigenvalue weighted by atomic mass is 9.49. The van der Waals surface area contributed by atoms with Crippen LogP contribution in [0.25, 0.3) is 0 Å². The quantitative estimate of drug-likeness (QED) is 0.750. The predicted octanol–water partition coefficient (Wildman–Crippen LogP) is 3.72. The second-order valence-electron chi connectivity index (χ2n) is 4.40. The summed E-state index contributed by atoms with van der Waals surface area (Å²) in [6.07, 6.45) is 0. The Hall–Kier alpha value is -1.84. The van der Waals surface area contributed by atoms with Gasteiger partial charge >= 0.3 is 0 Å². The van der Waals surface area contributed by atoms with Crippen LogP contribution in [0.15, 0.2) is 42.5 Å². The number of hydrogen-bond acceptors (Lipinski definition) is 1. The fourth-order valence-corrected chi connectivity index (χ4v) is 1.60. The van der Waals surface area contributed by atoms with E-state index in [0.29, 0.717) is 12.5 Å². The van der Waals surface area contributed by atoms with Crippen molar-refractivity contribution >= 4 is 12.2 Å². The lowest BCUT2D eigenvalue weighted by molar-refractivity contribution is 0.461. The number of ether oxygens (including phenoxy) is 1. The molecule has 2 aromatic rings. The first-order chi connectivity index (χ1) is 8.56. The Morgan fingerprint density at radius 1 is 0.833 bits per heavy atom. The Morgan fingerprint density at radius 3 is 2.00 bits per heavy atom. The van der Waals surface area contributed by atoms with Gasteiger partial charge in [-0.2, -0.15) is 0 Å². The highest BCUT2D eigenvalue weighted by Crippen LogP contribution is 2.22. The Bertz CT molecular complexity index is 538. The van der Waals surface area contributed by atoms with Crippen LogP contribution < -0.4 is 10.2 Å². The van der Waals surface area contributed by atoms with E-state index in [-0.39, 0.29) is 5.75 Å². The summed E-state index contributed by atoms with van der Waals surface area (Å²) in [6.45, 7) is 4.65. The van der Waals surface area contributed by atoms with Gasteiger partial charge in [0.2, 0.25) is 0 Å². The highest BCUT2D eigenvalue weighted by molar-refractivity contribution is 6.70. The third kappa shape index (κ3) is 2.89. The van der Waals surface area contributed by atoms with E-state index in [4.69, 9.17) is 4.74 Å². The van der Waals surface area contributed by atoms with Gasteiger partial charge in [-0.05, 0) is 24.3 Å². The van der Waals surface area contributed by atoms with E-state index in [2.05, 4.69) is 13.6 Å². The van der Waals surface area contributed by atoms with Crippen molar-refractivity contribution in [3.63, 3.8) is 0 Å². The zero-order valence-corrected chi connectivity index (χ0v) is 10.3. The molecule has 0 radical (unpaired) electrons. The molecule has 0 aliphatic carbocycles. The summed E-state index contributed by atoms with van der Waals surface area (Å²) in [5, 5.41) is 0. The number of halogens is 2. The second kappa shape index (κ2) is 5.21. The molecule has 0 saturated heterocycles. The second-order valence-corrected chi connectivity index (χ2v) is 4.40. The minimum Gasteiger partial charge on any atom is -0.457 e. The molecule has 0 aliphatic rings. The maximum atomic E-state index is 13.0. The van der Waals surface area contributed by atoms with Crippen LogP contribution in [0.1, 0.15) is 0 Å². The van der Waals surface area contributed by atoms with E-state index in [1.54, 1.807) is 0 Å². The van der Waals surface area contributed by atoms with Crippen molar-refractivity contribution < 1.29 is 13.5 Å². The van der Waals surface area contributed by atoms with E-state index >= 15 is 0 Å². The van der Waals surface area contributed by atoms with E-state index in [1.165, 1.54) is 11.5 Å². The lowest BCUT2D eigenvalue weighted by Crippen LogP contribution is -2.21. The summed E-state index contributed by atoms with van der Waals surface area (Å²) in [4.78, 5) is 0. The fourth-order valence-electron chi connectivity index (χ4n) is 1.60. The Kier molecular flexibility index (Phi) is 3.65. The van der Waals surface area contributed by atoms with Gasteiger partial charge in [0.1, 0.15) is 11.5 Å². The van der Waals surface area contributed by atoms with E-state index in [9.17, 15) is 8.78 Å². The maximum Gasteiger partial charge on any atom is 0.169 e. The third-order valence-electron chi connectivity index (χ3n) is 2.67. The highest BCUT2D eigenvalue weighted by atomic mass is 19.2. The van der Waals surface area contributed by atoms with Crippen LogP contribution in [0.3, 0.4) is 0 Å². The topological polar surface area (TPSA) is 9.23 Å². The molecule has 0 amide bonds. The largest absolute Gasteiger partial charge is 0.457 e. The molecule has 0 aliphatic heterocycles. The van der Waals surface area contributed by atoms with E-state index in [1.807, 2.05) is 24.3 Å². The average Bonchev–Trinajstić information content (AvgIpc) is 2.34. The normalized spacial score (nSPS) is 10.2. The van der Waals surface area contributed by atoms with Crippen molar-refractivity contribution in [1.29, 1.82) is 0 Å². The Balaban J connectivity index is 2.15. The molecule has 18 heavy (non-hydrogen) atoms. The van der Waals surface area contributed by atoms with Gasteiger partial charge in [-0.15, -0.1) is 0 Å². The van der Waals surface area contributed by atoms with Gasteiger partial charge in [-0.1, -0.05) is 31.2 Å². The van der Waals surface area contributed by atoms with Crippen LogP contribution in [0, 0.1) is 11.6 Å². The standard InChI is InChI=1S/C14H13BF2O/c1-15(2)10-3-5-11(6-4-10)18-12-7-8-13(16)14(17)9-12/h3-9H,1-2H3. The minimum atomic E-state index is -0.911. The van der Waals surface area contributed by atoms with Crippen molar-refractivity contribution in [2.75, 3.05) is 0 Å². The molecule has 0 aromatic heterocycles. The van der Waals surface area contributed by atoms with Crippen molar-refractivity contribution in [1.82, 2.24) is 0 Å². The number of rotatable bonds is 3. The van der Waals surface area contributed by atoms with Gasteiger partial charge in [0, 0.05) is 6.07 Å². The van der Waals surface area contributed by atoms with Gasteiger partial charge in [0.05, 0.1) is 0 Å². The zero-order chi connectivity index (χ0) is 13.1. The summed E-state index contributed by atoms with van der Waals surface area (Å²) < 4.78 is 31.2. The van der Waals surface area contributed by atoms with Crippen LogP contribution in [-0.2, 0) is 0 Å². The Labute approximate surface area is 105 Å². The average molecular weight is 246 g/mol. The summed E-state index contributed by atoms with van der Waals surface area (Å²) in [5.41, 5.74) is 1.20. The molecule has 0 N–H and O–H groups in total. The molecule has 0 unspecified atom stereocenters. The molecule has 4 heteroatoms. The number of hydrogen-bond donors (Lipinski definition) is 0. The van der Waals surface area contributed by atoms with E-state index in [0.717, 1.165) is 12.1 Å². The molecule has 2 rings (SSSR count). The summed E-state index contributed by atoms with van der Waals surface area (Å²) in [6, 6.07) is 11.0. The van der Waals surface area contributed by atoms with Crippen LogP contribution in [0.4, 0.5) is 8.78 Å². The molecule has 0 spiro atoms. The molecular formula is C14H13BF2O. The molecule has 2 aromatic carbocycles. The van der Waals surface area contributed by atoms with Gasteiger partial charge in [-0.3, -0.25) is 0 Å². The van der Waals surface area contributed by atoms with Crippen molar-refractivity contribution in [3.05, 3.63) is 54.1 Å². The summed E-state index contributed by atoms with van der Waals surface area (Å²) in [7, 11) is 0. The molecule has 0 bridgehead atoms. The third-order valence-corrected chi connectivity index (χ3v) is 2.67. The van der Waals surface area contributed by atoms with Crippen LogP contribution in [0.2, 0.25) is 13.6 Å². The maximum absolute atomic E-state index is 13.0. The van der Waals surface area contributed by atoms with Crippen molar-refractivity contribution in [2.24, 2.45) is 0 Å². The van der Waals surface area contributed by atoms with Crippen molar-refractivity contribution in [3.8, 4) is 11.5 Å².